The summed E-state index contributed by atoms with van der Waals surface area (Å²) >= 11 is 0. The molecular formula is C29H38N6O. The topological polar surface area (TPSA) is 79.7 Å². The molecule has 0 aliphatic carbocycles. The molecule has 0 unspecified atom stereocenters. The Kier molecular flexibility index (Phi) is 7.69. The molecule has 2 heterocycles. The van der Waals surface area contributed by atoms with E-state index in [4.69, 9.17) is 0 Å². The van der Waals surface area contributed by atoms with E-state index >= 15 is 0 Å². The van der Waals surface area contributed by atoms with Crippen molar-refractivity contribution in [2.24, 2.45) is 5.92 Å². The highest BCUT2D eigenvalue weighted by Crippen LogP contribution is 2.32. The number of benzene rings is 2. The van der Waals surface area contributed by atoms with Gasteiger partial charge >= 0.3 is 0 Å². The van der Waals surface area contributed by atoms with Crippen LogP contribution < -0.4 is 5.56 Å². The molecule has 4 aromatic rings. The van der Waals surface area contributed by atoms with E-state index in [1.807, 2.05) is 35.9 Å². The Morgan fingerprint density at radius 1 is 1.08 bits per heavy atom. The summed E-state index contributed by atoms with van der Waals surface area (Å²) in [5, 5.41) is 14.1. The lowest BCUT2D eigenvalue weighted by molar-refractivity contribution is 0.127. The number of tetrazole rings is 1. The number of fused-ring (bicyclic) bond motifs is 1. The monoisotopic (exact) mass is 486 g/mol. The normalized spacial score (nSPS) is 13.1. The SMILES string of the molecule is CCC(C)(C)n1nnnc1[C@H](C(C)C)N(CCc1ccccc1)Cc1cc2cccc(C)c2[nH]c1=O. The van der Waals surface area contributed by atoms with Gasteiger partial charge in [0.1, 0.15) is 0 Å². The van der Waals surface area contributed by atoms with Crippen LogP contribution in [0.1, 0.15) is 69.6 Å². The largest absolute Gasteiger partial charge is 0.321 e. The Labute approximate surface area is 213 Å². The van der Waals surface area contributed by atoms with Gasteiger partial charge in [-0.25, -0.2) is 4.68 Å². The molecule has 190 valence electrons. The van der Waals surface area contributed by atoms with Crippen molar-refractivity contribution in [1.82, 2.24) is 30.1 Å². The zero-order valence-electron chi connectivity index (χ0n) is 22.3. The van der Waals surface area contributed by atoms with Gasteiger partial charge in [-0.3, -0.25) is 9.69 Å². The van der Waals surface area contributed by atoms with Gasteiger partial charge in [-0.15, -0.1) is 5.10 Å². The van der Waals surface area contributed by atoms with Crippen molar-refractivity contribution in [3.8, 4) is 0 Å². The summed E-state index contributed by atoms with van der Waals surface area (Å²) in [6.45, 7) is 14.2. The summed E-state index contributed by atoms with van der Waals surface area (Å²) in [6.07, 6.45) is 1.77. The number of pyridine rings is 1. The third-order valence-electron chi connectivity index (χ3n) is 7.29. The molecule has 0 aliphatic heterocycles. The van der Waals surface area contributed by atoms with Crippen molar-refractivity contribution < 1.29 is 0 Å². The van der Waals surface area contributed by atoms with E-state index in [1.54, 1.807) is 0 Å². The van der Waals surface area contributed by atoms with Gasteiger partial charge in [0.05, 0.1) is 17.1 Å². The number of aryl methyl sites for hydroxylation is 1. The summed E-state index contributed by atoms with van der Waals surface area (Å²) in [4.78, 5) is 18.7. The summed E-state index contributed by atoms with van der Waals surface area (Å²) in [5.41, 5.74) is 3.73. The van der Waals surface area contributed by atoms with Gasteiger partial charge in [-0.05, 0) is 72.5 Å². The van der Waals surface area contributed by atoms with Gasteiger partial charge in [0.25, 0.3) is 5.56 Å². The van der Waals surface area contributed by atoms with E-state index in [2.05, 4.69) is 90.4 Å². The van der Waals surface area contributed by atoms with Crippen molar-refractivity contribution in [1.29, 1.82) is 0 Å². The van der Waals surface area contributed by atoms with Crippen LogP contribution in [-0.2, 0) is 18.5 Å². The molecule has 1 atom stereocenters. The molecule has 2 aromatic carbocycles. The van der Waals surface area contributed by atoms with E-state index in [0.717, 1.165) is 47.2 Å². The standard InChI is InChI=1S/C29H38N6O/c1-7-29(5,6)35-27(31-32-33-35)26(20(2)3)34(17-16-22-13-9-8-10-14-22)19-24-18-23-15-11-12-21(4)25(23)30-28(24)36/h8-15,18,20,26H,7,16-17,19H2,1-6H3,(H,30,36)/t26-/m0/s1. The van der Waals surface area contributed by atoms with Crippen LogP contribution in [-0.4, -0.2) is 36.6 Å². The maximum Gasteiger partial charge on any atom is 0.252 e. The molecule has 0 aliphatic rings. The van der Waals surface area contributed by atoms with E-state index in [9.17, 15) is 4.79 Å². The number of nitrogens with one attached hydrogen (secondary N) is 1. The molecule has 7 nitrogen and oxygen atoms in total. The van der Waals surface area contributed by atoms with E-state index in [1.165, 1.54) is 5.56 Å². The number of para-hydroxylation sites is 1. The molecule has 0 saturated carbocycles. The molecule has 36 heavy (non-hydrogen) atoms. The number of hydrogen-bond acceptors (Lipinski definition) is 5. The smallest absolute Gasteiger partial charge is 0.252 e. The Morgan fingerprint density at radius 2 is 1.83 bits per heavy atom. The molecule has 2 aromatic heterocycles. The summed E-state index contributed by atoms with van der Waals surface area (Å²) < 4.78 is 1.97. The minimum Gasteiger partial charge on any atom is -0.321 e. The van der Waals surface area contributed by atoms with Crippen LogP contribution in [0.4, 0.5) is 0 Å². The molecule has 7 heteroatoms. The fourth-order valence-electron chi connectivity index (χ4n) is 4.84. The predicted molar refractivity (Wildman–Crippen MR) is 145 cm³/mol. The molecule has 0 spiro atoms. The van der Waals surface area contributed by atoms with Crippen LogP contribution in [0.25, 0.3) is 10.9 Å². The van der Waals surface area contributed by atoms with Crippen molar-refractivity contribution >= 4 is 10.9 Å². The summed E-state index contributed by atoms with van der Waals surface area (Å²) in [6, 6.07) is 18.6. The van der Waals surface area contributed by atoms with Gasteiger partial charge < -0.3 is 4.98 Å². The second-order valence-corrected chi connectivity index (χ2v) is 10.7. The van der Waals surface area contributed by atoms with Crippen LogP contribution >= 0.6 is 0 Å². The molecule has 0 fully saturated rings. The quantitative estimate of drug-likeness (QED) is 0.324. The fraction of sp³-hybridized carbons (Fsp3) is 0.448. The van der Waals surface area contributed by atoms with Crippen molar-refractivity contribution in [3.05, 3.63) is 87.5 Å². The molecule has 0 saturated heterocycles. The van der Waals surface area contributed by atoms with E-state index in [0.29, 0.717) is 6.54 Å². The molecule has 1 N–H and O–H groups in total. The van der Waals surface area contributed by atoms with Crippen LogP contribution in [0, 0.1) is 12.8 Å². The first-order valence-corrected chi connectivity index (χ1v) is 12.9. The lowest BCUT2D eigenvalue weighted by Crippen LogP contribution is -2.39. The minimum atomic E-state index is -0.213. The highest BCUT2D eigenvalue weighted by atomic mass is 16.1. The Balaban J connectivity index is 1.76. The highest BCUT2D eigenvalue weighted by molar-refractivity contribution is 5.81. The number of aromatic amines is 1. The molecule has 0 bridgehead atoms. The Hall–Kier alpha value is -3.32. The molecule has 4 rings (SSSR count). The van der Waals surface area contributed by atoms with Crippen LogP contribution in [0.2, 0.25) is 0 Å². The van der Waals surface area contributed by atoms with Crippen molar-refractivity contribution in [2.45, 2.75) is 72.5 Å². The summed E-state index contributed by atoms with van der Waals surface area (Å²) in [5.74, 6) is 1.08. The highest BCUT2D eigenvalue weighted by Gasteiger charge is 2.33. The zero-order chi connectivity index (χ0) is 25.9. The second kappa shape index (κ2) is 10.7. The van der Waals surface area contributed by atoms with Gasteiger partial charge in [-0.2, -0.15) is 0 Å². The van der Waals surface area contributed by atoms with E-state index < -0.39 is 0 Å². The lowest BCUT2D eigenvalue weighted by Gasteiger charge is -2.35. The first-order valence-electron chi connectivity index (χ1n) is 12.9. The molecule has 0 amide bonds. The van der Waals surface area contributed by atoms with Crippen LogP contribution in [0.15, 0.2) is 59.4 Å². The average Bonchev–Trinajstić information content (AvgIpc) is 3.34. The number of nitrogens with zero attached hydrogens (tertiary/aromatic N) is 5. The minimum absolute atomic E-state index is 0.0440. The first kappa shape index (κ1) is 25.8. The third-order valence-corrected chi connectivity index (χ3v) is 7.29. The van der Waals surface area contributed by atoms with Crippen LogP contribution in [0.3, 0.4) is 0 Å². The second-order valence-electron chi connectivity index (χ2n) is 10.7. The van der Waals surface area contributed by atoms with Gasteiger partial charge in [0, 0.05) is 18.7 Å². The average molecular weight is 487 g/mol. The predicted octanol–water partition coefficient (Wildman–Crippen LogP) is 5.41. The van der Waals surface area contributed by atoms with Gasteiger partial charge in [0.15, 0.2) is 5.82 Å². The lowest BCUT2D eigenvalue weighted by atomic mass is 9.97. The summed E-state index contributed by atoms with van der Waals surface area (Å²) in [7, 11) is 0. The molecular weight excluding hydrogens is 448 g/mol. The Bertz CT molecular complexity index is 1360. The zero-order valence-corrected chi connectivity index (χ0v) is 22.3. The van der Waals surface area contributed by atoms with E-state index in [-0.39, 0.29) is 23.1 Å². The molecule has 0 radical (unpaired) electrons. The Morgan fingerprint density at radius 3 is 2.53 bits per heavy atom. The first-order chi connectivity index (χ1) is 17.2. The third kappa shape index (κ3) is 5.41. The number of H-pyrrole nitrogens is 1. The number of rotatable bonds is 10. The van der Waals surface area contributed by atoms with Crippen molar-refractivity contribution in [3.63, 3.8) is 0 Å². The van der Waals surface area contributed by atoms with Gasteiger partial charge in [-0.1, -0.05) is 69.3 Å². The fourth-order valence-corrected chi connectivity index (χ4v) is 4.84. The number of aromatic nitrogens is 5. The maximum atomic E-state index is 13.2. The van der Waals surface area contributed by atoms with Crippen molar-refractivity contribution in [2.75, 3.05) is 6.54 Å². The maximum absolute atomic E-state index is 13.2. The van der Waals surface area contributed by atoms with Gasteiger partial charge in [0.2, 0.25) is 0 Å². The van der Waals surface area contributed by atoms with Crippen LogP contribution in [0.5, 0.6) is 0 Å². The number of hydrogen-bond donors (Lipinski definition) is 1.